The SMILES string of the molecule is Cc1c(CNC(=O)C2CC3CCCC(C2)C3N)cnn1C.Cl. The number of rotatable bonds is 3. The molecule has 5 nitrogen and oxygen atoms in total. The van der Waals surface area contributed by atoms with E-state index in [1.165, 1.54) is 19.3 Å². The third-order valence-electron chi connectivity index (χ3n) is 5.57. The maximum Gasteiger partial charge on any atom is 0.223 e. The number of hydrogen-bond donors (Lipinski definition) is 2. The molecule has 2 aliphatic carbocycles. The molecular weight excluding hydrogens is 300 g/mol. The predicted molar refractivity (Wildman–Crippen MR) is 88.6 cm³/mol. The molecule has 0 aliphatic heterocycles. The first-order chi connectivity index (χ1) is 10.1. The molecule has 0 spiro atoms. The van der Waals surface area contributed by atoms with E-state index in [0.717, 1.165) is 24.1 Å². The number of carbonyl (C=O) groups is 1. The molecule has 124 valence electrons. The van der Waals surface area contributed by atoms with Crippen molar-refractivity contribution in [1.82, 2.24) is 15.1 Å². The molecule has 1 amide bonds. The minimum absolute atomic E-state index is 0. The van der Waals surface area contributed by atoms with Gasteiger partial charge < -0.3 is 11.1 Å². The number of fused-ring (bicyclic) bond motifs is 2. The number of amides is 1. The molecular formula is C16H27ClN4O. The average Bonchev–Trinajstić information content (AvgIpc) is 2.76. The quantitative estimate of drug-likeness (QED) is 0.891. The highest BCUT2D eigenvalue weighted by Gasteiger charge is 2.40. The molecule has 0 aromatic carbocycles. The third-order valence-corrected chi connectivity index (χ3v) is 5.57. The first-order valence-electron chi connectivity index (χ1n) is 8.07. The van der Waals surface area contributed by atoms with Crippen LogP contribution in [0.2, 0.25) is 0 Å². The number of aromatic nitrogens is 2. The molecule has 2 fully saturated rings. The van der Waals surface area contributed by atoms with Gasteiger partial charge in [-0.05, 0) is 44.4 Å². The summed E-state index contributed by atoms with van der Waals surface area (Å²) in [7, 11) is 1.92. The van der Waals surface area contributed by atoms with Crippen LogP contribution < -0.4 is 11.1 Å². The normalized spacial score (nSPS) is 30.5. The fourth-order valence-electron chi connectivity index (χ4n) is 4.05. The molecule has 0 saturated heterocycles. The van der Waals surface area contributed by atoms with Crippen LogP contribution in [0.15, 0.2) is 6.20 Å². The zero-order chi connectivity index (χ0) is 15.0. The van der Waals surface area contributed by atoms with E-state index in [0.29, 0.717) is 24.4 Å². The van der Waals surface area contributed by atoms with Gasteiger partial charge >= 0.3 is 0 Å². The van der Waals surface area contributed by atoms with E-state index in [-0.39, 0.29) is 24.2 Å². The van der Waals surface area contributed by atoms with Gasteiger partial charge in [0, 0.05) is 36.8 Å². The molecule has 2 unspecified atom stereocenters. The van der Waals surface area contributed by atoms with Gasteiger partial charge in [-0.25, -0.2) is 0 Å². The molecule has 2 aliphatic rings. The van der Waals surface area contributed by atoms with Gasteiger partial charge in [-0.15, -0.1) is 12.4 Å². The number of carbonyl (C=O) groups excluding carboxylic acids is 1. The van der Waals surface area contributed by atoms with Crippen LogP contribution in [0.5, 0.6) is 0 Å². The van der Waals surface area contributed by atoms with E-state index in [1.54, 1.807) is 0 Å². The van der Waals surface area contributed by atoms with Gasteiger partial charge in [0.15, 0.2) is 0 Å². The number of aryl methyl sites for hydroxylation is 1. The van der Waals surface area contributed by atoms with Gasteiger partial charge in [0.25, 0.3) is 0 Å². The number of nitrogens with two attached hydrogens (primary N) is 1. The van der Waals surface area contributed by atoms with Crippen LogP contribution in [0.4, 0.5) is 0 Å². The van der Waals surface area contributed by atoms with Crippen molar-refractivity contribution in [2.24, 2.45) is 30.5 Å². The van der Waals surface area contributed by atoms with Crippen LogP contribution in [0, 0.1) is 24.7 Å². The largest absolute Gasteiger partial charge is 0.352 e. The van der Waals surface area contributed by atoms with Crippen molar-refractivity contribution in [2.75, 3.05) is 0 Å². The fraction of sp³-hybridized carbons (Fsp3) is 0.750. The monoisotopic (exact) mass is 326 g/mol. The van der Waals surface area contributed by atoms with Crippen molar-refractivity contribution < 1.29 is 4.79 Å². The highest BCUT2D eigenvalue weighted by atomic mass is 35.5. The van der Waals surface area contributed by atoms with Crippen LogP contribution >= 0.6 is 12.4 Å². The smallest absolute Gasteiger partial charge is 0.223 e. The van der Waals surface area contributed by atoms with Gasteiger partial charge in [0.05, 0.1) is 6.20 Å². The second-order valence-electron chi connectivity index (χ2n) is 6.79. The van der Waals surface area contributed by atoms with E-state index in [2.05, 4.69) is 10.4 Å². The molecule has 2 saturated carbocycles. The molecule has 2 atom stereocenters. The Balaban J connectivity index is 0.00000176. The predicted octanol–water partition coefficient (Wildman–Crippen LogP) is 1.92. The Labute approximate surface area is 138 Å². The van der Waals surface area contributed by atoms with Gasteiger partial charge in [-0.3, -0.25) is 9.48 Å². The zero-order valence-corrected chi connectivity index (χ0v) is 14.2. The lowest BCUT2D eigenvalue weighted by molar-refractivity contribution is -0.128. The molecule has 22 heavy (non-hydrogen) atoms. The van der Waals surface area contributed by atoms with Gasteiger partial charge in [0.1, 0.15) is 0 Å². The van der Waals surface area contributed by atoms with E-state index in [9.17, 15) is 4.79 Å². The van der Waals surface area contributed by atoms with Crippen molar-refractivity contribution >= 4 is 18.3 Å². The summed E-state index contributed by atoms with van der Waals surface area (Å²) in [5.41, 5.74) is 8.50. The molecule has 3 N–H and O–H groups in total. The minimum Gasteiger partial charge on any atom is -0.352 e. The van der Waals surface area contributed by atoms with Gasteiger partial charge in [0.2, 0.25) is 5.91 Å². The lowest BCUT2D eigenvalue weighted by atomic mass is 9.65. The molecule has 3 rings (SSSR count). The summed E-state index contributed by atoms with van der Waals surface area (Å²) in [5, 5.41) is 7.31. The van der Waals surface area contributed by atoms with E-state index in [1.807, 2.05) is 24.9 Å². The van der Waals surface area contributed by atoms with E-state index in [4.69, 9.17) is 5.73 Å². The second-order valence-corrected chi connectivity index (χ2v) is 6.79. The Hall–Kier alpha value is -1.07. The average molecular weight is 327 g/mol. The summed E-state index contributed by atoms with van der Waals surface area (Å²) in [6, 6.07) is 0.323. The maximum atomic E-state index is 12.4. The summed E-state index contributed by atoms with van der Waals surface area (Å²) in [6.45, 7) is 2.61. The van der Waals surface area contributed by atoms with Crippen molar-refractivity contribution in [2.45, 2.75) is 51.6 Å². The van der Waals surface area contributed by atoms with Crippen LogP contribution in [0.25, 0.3) is 0 Å². The van der Waals surface area contributed by atoms with Crippen LogP contribution in [0.1, 0.15) is 43.4 Å². The summed E-state index contributed by atoms with van der Waals surface area (Å²) in [6.07, 6.45) is 7.45. The Morgan fingerprint density at radius 1 is 1.41 bits per heavy atom. The lowest BCUT2D eigenvalue weighted by Crippen LogP contribution is -2.49. The summed E-state index contributed by atoms with van der Waals surface area (Å²) >= 11 is 0. The maximum absolute atomic E-state index is 12.4. The first-order valence-corrected chi connectivity index (χ1v) is 8.07. The van der Waals surface area contributed by atoms with E-state index >= 15 is 0 Å². The van der Waals surface area contributed by atoms with Crippen LogP contribution in [-0.4, -0.2) is 21.7 Å². The molecule has 1 aromatic heterocycles. The molecule has 1 aromatic rings. The second kappa shape index (κ2) is 7.01. The number of halogens is 1. The first kappa shape index (κ1) is 17.3. The molecule has 1 heterocycles. The lowest BCUT2D eigenvalue weighted by Gasteiger charge is -2.43. The van der Waals surface area contributed by atoms with Crippen molar-refractivity contribution in [3.05, 3.63) is 17.5 Å². The standard InChI is InChI=1S/C16H26N4O.ClH/c1-10-14(9-19-20(10)2)8-18-16(21)13-6-11-4-3-5-12(7-13)15(11)17;/h9,11-13,15H,3-8,17H2,1-2H3,(H,18,21);1H. The van der Waals surface area contributed by atoms with Crippen molar-refractivity contribution in [1.29, 1.82) is 0 Å². The highest BCUT2D eigenvalue weighted by Crippen LogP contribution is 2.41. The number of nitrogens with zero attached hydrogens (tertiary/aromatic N) is 2. The van der Waals surface area contributed by atoms with Gasteiger partial charge in [-0.2, -0.15) is 5.10 Å². The third kappa shape index (κ3) is 3.30. The topological polar surface area (TPSA) is 72.9 Å². The zero-order valence-electron chi connectivity index (χ0n) is 13.4. The Morgan fingerprint density at radius 3 is 2.59 bits per heavy atom. The van der Waals surface area contributed by atoms with Crippen LogP contribution in [0.3, 0.4) is 0 Å². The highest BCUT2D eigenvalue weighted by molar-refractivity contribution is 5.85. The minimum atomic E-state index is 0. The Bertz CT molecular complexity index is 516. The fourth-order valence-corrected chi connectivity index (χ4v) is 4.05. The Kier molecular flexibility index (Phi) is 5.50. The van der Waals surface area contributed by atoms with Crippen LogP contribution in [-0.2, 0) is 18.4 Å². The summed E-state index contributed by atoms with van der Waals surface area (Å²) < 4.78 is 1.84. The Morgan fingerprint density at radius 2 is 2.05 bits per heavy atom. The van der Waals surface area contributed by atoms with E-state index < -0.39 is 0 Å². The summed E-state index contributed by atoms with van der Waals surface area (Å²) in [5.74, 6) is 1.45. The molecule has 2 bridgehead atoms. The molecule has 0 radical (unpaired) electrons. The summed E-state index contributed by atoms with van der Waals surface area (Å²) in [4.78, 5) is 12.4. The molecule has 6 heteroatoms. The van der Waals surface area contributed by atoms with Crippen molar-refractivity contribution in [3.63, 3.8) is 0 Å². The van der Waals surface area contributed by atoms with Gasteiger partial charge in [-0.1, -0.05) is 6.42 Å². The van der Waals surface area contributed by atoms with Crippen molar-refractivity contribution in [3.8, 4) is 0 Å². The number of hydrogen-bond acceptors (Lipinski definition) is 3. The number of nitrogens with one attached hydrogen (secondary N) is 1.